The molecular weight excluding hydrogens is 212 g/mol. The van der Waals surface area contributed by atoms with Crippen LogP contribution in [0.5, 0.6) is 11.5 Å². The standard InChI is InChI=1S/C10H10N2O2S/c1-14-8-4-2-3-6(9(8)13)7-5-15-10(11)12-7/h2-5,13H,1H3,(H2,11,12). The van der Waals surface area contributed by atoms with Crippen molar-refractivity contribution in [3.05, 3.63) is 23.6 Å². The fourth-order valence-electron chi connectivity index (χ4n) is 1.31. The van der Waals surface area contributed by atoms with Crippen molar-refractivity contribution >= 4 is 16.5 Å². The normalized spacial score (nSPS) is 10.2. The maximum atomic E-state index is 9.85. The SMILES string of the molecule is COc1cccc(-c2csc(N)n2)c1O. The fourth-order valence-corrected chi connectivity index (χ4v) is 1.87. The van der Waals surface area contributed by atoms with Gasteiger partial charge in [0.25, 0.3) is 0 Å². The van der Waals surface area contributed by atoms with Crippen LogP contribution in [-0.4, -0.2) is 17.2 Å². The van der Waals surface area contributed by atoms with Gasteiger partial charge in [-0.15, -0.1) is 11.3 Å². The molecule has 1 aromatic carbocycles. The molecule has 0 saturated carbocycles. The van der Waals surface area contributed by atoms with Crippen LogP contribution >= 0.6 is 11.3 Å². The zero-order valence-corrected chi connectivity index (χ0v) is 8.91. The van der Waals surface area contributed by atoms with E-state index in [-0.39, 0.29) is 5.75 Å². The van der Waals surface area contributed by atoms with Crippen LogP contribution < -0.4 is 10.5 Å². The van der Waals surface area contributed by atoms with Gasteiger partial charge in [-0.25, -0.2) is 4.98 Å². The molecule has 1 aromatic heterocycles. The lowest BCUT2D eigenvalue weighted by atomic mass is 10.1. The molecule has 0 aliphatic rings. The Morgan fingerprint density at radius 2 is 2.27 bits per heavy atom. The topological polar surface area (TPSA) is 68.4 Å². The van der Waals surface area contributed by atoms with Crippen LogP contribution in [0.4, 0.5) is 5.13 Å². The van der Waals surface area contributed by atoms with Gasteiger partial charge < -0.3 is 15.6 Å². The van der Waals surface area contributed by atoms with Gasteiger partial charge in [-0.2, -0.15) is 0 Å². The second-order valence-corrected chi connectivity index (χ2v) is 3.82. The summed E-state index contributed by atoms with van der Waals surface area (Å²) in [7, 11) is 1.51. The highest BCUT2D eigenvalue weighted by molar-refractivity contribution is 7.13. The smallest absolute Gasteiger partial charge is 0.180 e. The van der Waals surface area contributed by atoms with E-state index in [1.165, 1.54) is 18.4 Å². The van der Waals surface area contributed by atoms with Gasteiger partial charge in [-0.3, -0.25) is 0 Å². The van der Waals surface area contributed by atoms with E-state index in [0.717, 1.165) is 0 Å². The molecule has 0 spiro atoms. The van der Waals surface area contributed by atoms with Crippen molar-refractivity contribution in [3.63, 3.8) is 0 Å². The lowest BCUT2D eigenvalue weighted by Gasteiger charge is -2.06. The van der Waals surface area contributed by atoms with Crippen LogP contribution in [-0.2, 0) is 0 Å². The fraction of sp³-hybridized carbons (Fsp3) is 0.100. The molecule has 4 nitrogen and oxygen atoms in total. The van der Waals surface area contributed by atoms with Crippen LogP contribution in [0.2, 0.25) is 0 Å². The number of nitrogens with zero attached hydrogens (tertiary/aromatic N) is 1. The van der Waals surface area contributed by atoms with E-state index >= 15 is 0 Å². The molecule has 78 valence electrons. The van der Waals surface area contributed by atoms with E-state index in [2.05, 4.69) is 4.98 Å². The minimum atomic E-state index is 0.0882. The van der Waals surface area contributed by atoms with E-state index in [0.29, 0.717) is 22.1 Å². The van der Waals surface area contributed by atoms with Gasteiger partial charge >= 0.3 is 0 Å². The molecular formula is C10H10N2O2S. The lowest BCUT2D eigenvalue weighted by Crippen LogP contribution is -1.87. The number of benzene rings is 1. The van der Waals surface area contributed by atoms with E-state index in [9.17, 15) is 5.11 Å². The Morgan fingerprint density at radius 3 is 2.87 bits per heavy atom. The zero-order chi connectivity index (χ0) is 10.8. The highest BCUT2D eigenvalue weighted by Gasteiger charge is 2.11. The monoisotopic (exact) mass is 222 g/mol. The van der Waals surface area contributed by atoms with E-state index in [1.807, 2.05) is 0 Å². The van der Waals surface area contributed by atoms with Crippen molar-refractivity contribution in [1.82, 2.24) is 4.98 Å². The first-order valence-electron chi connectivity index (χ1n) is 4.29. The Kier molecular flexibility index (Phi) is 2.47. The van der Waals surface area contributed by atoms with Crippen molar-refractivity contribution < 1.29 is 9.84 Å². The predicted molar refractivity (Wildman–Crippen MR) is 60.2 cm³/mol. The number of aromatic nitrogens is 1. The Balaban J connectivity index is 2.53. The zero-order valence-electron chi connectivity index (χ0n) is 8.10. The molecule has 15 heavy (non-hydrogen) atoms. The predicted octanol–water partition coefficient (Wildman–Crippen LogP) is 2.11. The molecule has 0 bridgehead atoms. The average Bonchev–Trinajstić information content (AvgIpc) is 2.65. The summed E-state index contributed by atoms with van der Waals surface area (Å²) in [4.78, 5) is 4.10. The van der Waals surface area contributed by atoms with Crippen LogP contribution in [0.3, 0.4) is 0 Å². The molecule has 1 heterocycles. The van der Waals surface area contributed by atoms with Crippen molar-refractivity contribution in [3.8, 4) is 22.8 Å². The highest BCUT2D eigenvalue weighted by atomic mass is 32.1. The first kappa shape index (κ1) is 9.79. The third kappa shape index (κ3) is 1.73. The van der Waals surface area contributed by atoms with Gasteiger partial charge in [0.15, 0.2) is 16.6 Å². The third-order valence-corrected chi connectivity index (χ3v) is 2.69. The highest BCUT2D eigenvalue weighted by Crippen LogP contribution is 2.37. The second kappa shape index (κ2) is 3.78. The van der Waals surface area contributed by atoms with Gasteiger partial charge in [-0.1, -0.05) is 6.07 Å². The number of phenolic OH excluding ortho intramolecular Hbond substituents is 1. The first-order valence-corrected chi connectivity index (χ1v) is 5.17. The third-order valence-electron chi connectivity index (χ3n) is 2.02. The molecule has 3 N–H and O–H groups in total. The number of rotatable bonds is 2. The Morgan fingerprint density at radius 1 is 1.47 bits per heavy atom. The molecule has 0 atom stereocenters. The number of para-hydroxylation sites is 1. The first-order chi connectivity index (χ1) is 7.22. The molecule has 0 saturated heterocycles. The molecule has 0 aliphatic heterocycles. The number of thiazole rings is 1. The van der Waals surface area contributed by atoms with Gasteiger partial charge in [0.05, 0.1) is 12.8 Å². The van der Waals surface area contributed by atoms with Gasteiger partial charge in [-0.05, 0) is 12.1 Å². The van der Waals surface area contributed by atoms with E-state index in [4.69, 9.17) is 10.5 Å². The maximum absolute atomic E-state index is 9.85. The van der Waals surface area contributed by atoms with Gasteiger partial charge in [0, 0.05) is 10.9 Å². The summed E-state index contributed by atoms with van der Waals surface area (Å²) >= 11 is 1.34. The molecule has 0 fully saturated rings. The summed E-state index contributed by atoms with van der Waals surface area (Å²) in [5.74, 6) is 0.518. The largest absolute Gasteiger partial charge is 0.504 e. The van der Waals surface area contributed by atoms with Crippen LogP contribution in [0.15, 0.2) is 23.6 Å². The van der Waals surface area contributed by atoms with Gasteiger partial charge in [0.1, 0.15) is 0 Å². The molecule has 0 unspecified atom stereocenters. The summed E-state index contributed by atoms with van der Waals surface area (Å²) in [6.45, 7) is 0. The number of anilines is 1. The Bertz CT molecular complexity index is 482. The number of hydrogen-bond acceptors (Lipinski definition) is 5. The number of methoxy groups -OCH3 is 1. The number of ether oxygens (including phenoxy) is 1. The summed E-state index contributed by atoms with van der Waals surface area (Å²) in [6.07, 6.45) is 0. The molecule has 5 heteroatoms. The molecule has 0 amide bonds. The molecule has 2 aromatic rings. The van der Waals surface area contributed by atoms with Crippen molar-refractivity contribution in [2.75, 3.05) is 12.8 Å². The second-order valence-electron chi connectivity index (χ2n) is 2.93. The van der Waals surface area contributed by atoms with Gasteiger partial charge in [0.2, 0.25) is 0 Å². The number of hydrogen-bond donors (Lipinski definition) is 2. The van der Waals surface area contributed by atoms with Crippen LogP contribution in [0.25, 0.3) is 11.3 Å². The number of nitrogens with two attached hydrogens (primary N) is 1. The summed E-state index contributed by atoms with van der Waals surface area (Å²) < 4.78 is 5.01. The minimum absolute atomic E-state index is 0.0882. The number of aromatic hydroxyl groups is 1. The molecule has 0 radical (unpaired) electrons. The van der Waals surface area contributed by atoms with Crippen molar-refractivity contribution in [1.29, 1.82) is 0 Å². The van der Waals surface area contributed by atoms with E-state index < -0.39 is 0 Å². The van der Waals surface area contributed by atoms with Crippen molar-refractivity contribution in [2.45, 2.75) is 0 Å². The van der Waals surface area contributed by atoms with E-state index in [1.54, 1.807) is 23.6 Å². The van der Waals surface area contributed by atoms with Crippen LogP contribution in [0, 0.1) is 0 Å². The molecule has 0 aliphatic carbocycles. The summed E-state index contributed by atoms with van der Waals surface area (Å²) in [5.41, 5.74) is 6.82. The minimum Gasteiger partial charge on any atom is -0.504 e. The average molecular weight is 222 g/mol. The maximum Gasteiger partial charge on any atom is 0.180 e. The van der Waals surface area contributed by atoms with Crippen LogP contribution in [0.1, 0.15) is 0 Å². The lowest BCUT2D eigenvalue weighted by molar-refractivity contribution is 0.374. The quantitative estimate of drug-likeness (QED) is 0.816. The van der Waals surface area contributed by atoms with Crippen molar-refractivity contribution in [2.24, 2.45) is 0 Å². The Labute approximate surface area is 91.0 Å². The summed E-state index contributed by atoms with van der Waals surface area (Å²) in [5, 5.41) is 12.1. The number of phenols is 1. The number of nitrogen functional groups attached to an aromatic ring is 1. The Hall–Kier alpha value is -1.75. The molecule has 2 rings (SSSR count). The summed E-state index contributed by atoms with van der Waals surface area (Å²) in [6, 6.07) is 5.25.